The number of benzene rings is 1. The smallest absolute Gasteiger partial charge is 0.313 e. The summed E-state index contributed by atoms with van der Waals surface area (Å²) in [5.74, 6) is 0.338. The Balaban J connectivity index is 1.90. The zero-order chi connectivity index (χ0) is 19.4. The third kappa shape index (κ3) is 3.18. The van der Waals surface area contributed by atoms with E-state index < -0.39 is 8.32 Å². The summed E-state index contributed by atoms with van der Waals surface area (Å²) < 4.78 is 17.8. The molecule has 6 heteroatoms. The lowest BCUT2D eigenvalue weighted by Gasteiger charge is -2.39. The van der Waals surface area contributed by atoms with Crippen LogP contribution in [-0.2, 0) is 14.0 Å². The van der Waals surface area contributed by atoms with Crippen LogP contribution in [0, 0.1) is 5.92 Å². The van der Waals surface area contributed by atoms with E-state index in [1.807, 2.05) is 19.1 Å². The predicted octanol–water partition coefficient (Wildman–Crippen LogP) is 5.46. The summed E-state index contributed by atoms with van der Waals surface area (Å²) >= 11 is 6.35. The fourth-order valence-electron chi connectivity index (χ4n) is 3.52. The van der Waals surface area contributed by atoms with Crippen LogP contribution in [0.3, 0.4) is 0 Å². The number of rotatable bonds is 5. The number of carbonyl (C=O) groups excluding carboxylic acids is 1. The molecule has 1 aliphatic carbocycles. The molecule has 0 saturated heterocycles. The Hall–Kier alpha value is -1.04. The number of hydrogen-bond acceptors (Lipinski definition) is 4. The van der Waals surface area contributed by atoms with E-state index in [-0.39, 0.29) is 35.1 Å². The van der Waals surface area contributed by atoms with Gasteiger partial charge in [0, 0.05) is 11.5 Å². The van der Waals surface area contributed by atoms with Crippen LogP contribution in [0.2, 0.25) is 23.2 Å². The van der Waals surface area contributed by atoms with Gasteiger partial charge < -0.3 is 13.9 Å². The molecule has 1 heterocycles. The van der Waals surface area contributed by atoms with Gasteiger partial charge in [0.25, 0.3) is 0 Å². The third-order valence-corrected chi connectivity index (χ3v) is 10.9. The van der Waals surface area contributed by atoms with Gasteiger partial charge in [-0.2, -0.15) is 0 Å². The molecular formula is C20H29ClO4Si. The Bertz CT molecular complexity index is 725. The summed E-state index contributed by atoms with van der Waals surface area (Å²) in [7, 11) is -1.92. The molecule has 0 N–H and O–H groups in total. The molecule has 0 radical (unpaired) electrons. The van der Waals surface area contributed by atoms with Gasteiger partial charge in [0.1, 0.15) is 17.8 Å². The van der Waals surface area contributed by atoms with Crippen LogP contribution in [0.25, 0.3) is 0 Å². The van der Waals surface area contributed by atoms with Crippen LogP contribution in [0.4, 0.5) is 0 Å². The fraction of sp³-hybridized carbons (Fsp3) is 0.650. The molecule has 3 rings (SSSR count). The highest BCUT2D eigenvalue weighted by atomic mass is 35.5. The minimum absolute atomic E-state index is 0.0308. The molecule has 0 bridgehead atoms. The van der Waals surface area contributed by atoms with E-state index >= 15 is 0 Å². The van der Waals surface area contributed by atoms with Crippen molar-refractivity contribution < 1.29 is 18.7 Å². The molecule has 0 spiro atoms. The van der Waals surface area contributed by atoms with Crippen LogP contribution in [0.5, 0.6) is 5.75 Å². The number of hydrogen-bond donors (Lipinski definition) is 0. The molecule has 1 aliphatic heterocycles. The van der Waals surface area contributed by atoms with Crippen molar-refractivity contribution in [2.24, 2.45) is 5.92 Å². The van der Waals surface area contributed by atoms with Crippen molar-refractivity contribution in [1.29, 1.82) is 0 Å². The summed E-state index contributed by atoms with van der Waals surface area (Å²) in [6.07, 6.45) is -0.226. The Labute approximate surface area is 162 Å². The van der Waals surface area contributed by atoms with E-state index in [9.17, 15) is 4.79 Å². The predicted molar refractivity (Wildman–Crippen MR) is 105 cm³/mol. The number of esters is 1. The maximum Gasteiger partial charge on any atom is 0.313 e. The average Bonchev–Trinajstić information content (AvgIpc) is 3.09. The van der Waals surface area contributed by atoms with Crippen LogP contribution < -0.4 is 4.74 Å². The van der Waals surface area contributed by atoms with Gasteiger partial charge in [-0.1, -0.05) is 38.4 Å². The molecule has 2 aliphatic rings. The second-order valence-corrected chi connectivity index (χ2v) is 13.9. The molecule has 4 atom stereocenters. The number of fused-ring (bicyclic) bond motifs is 3. The molecule has 0 amide bonds. The van der Waals surface area contributed by atoms with E-state index in [1.165, 1.54) is 0 Å². The summed E-state index contributed by atoms with van der Waals surface area (Å²) in [5.41, 5.74) is 2.11. The van der Waals surface area contributed by atoms with Gasteiger partial charge in [-0.3, -0.25) is 4.79 Å². The van der Waals surface area contributed by atoms with Gasteiger partial charge in [-0.05, 0) is 43.6 Å². The minimum atomic E-state index is -1.92. The van der Waals surface area contributed by atoms with Crippen molar-refractivity contribution in [2.75, 3.05) is 6.61 Å². The lowest BCUT2D eigenvalue weighted by Crippen LogP contribution is -2.41. The zero-order valence-electron chi connectivity index (χ0n) is 16.7. The molecule has 0 aromatic heterocycles. The molecule has 144 valence electrons. The number of halogens is 1. The zero-order valence-corrected chi connectivity index (χ0v) is 18.4. The average molecular weight is 397 g/mol. The van der Waals surface area contributed by atoms with E-state index in [1.54, 1.807) is 0 Å². The standard InChI is InChI=1S/C20H29ClO4Si/c1-8-23-19(22)16-15-14-12(9-10-13(21)17(14)24-18(15)16)11(2)25-26(6,7)20(3,4)5/h9-11,15-16,18H,8H2,1-7H3/t11-,15?,16?,18?/m1/s1. The van der Waals surface area contributed by atoms with Gasteiger partial charge in [0.05, 0.1) is 17.7 Å². The Kier molecular flexibility index (Phi) is 4.95. The van der Waals surface area contributed by atoms with Crippen LogP contribution in [0.15, 0.2) is 12.1 Å². The van der Waals surface area contributed by atoms with Crippen molar-refractivity contribution in [3.63, 3.8) is 0 Å². The maximum absolute atomic E-state index is 12.2. The quantitative estimate of drug-likeness (QED) is 0.489. The first-order chi connectivity index (χ1) is 12.0. The molecule has 1 fully saturated rings. The van der Waals surface area contributed by atoms with Crippen molar-refractivity contribution in [3.8, 4) is 5.75 Å². The van der Waals surface area contributed by atoms with Crippen molar-refractivity contribution >= 4 is 25.9 Å². The molecular weight excluding hydrogens is 368 g/mol. The molecule has 1 saturated carbocycles. The minimum Gasteiger partial charge on any atom is -0.487 e. The van der Waals surface area contributed by atoms with Crippen LogP contribution in [-0.4, -0.2) is 27.0 Å². The van der Waals surface area contributed by atoms with E-state index in [4.69, 9.17) is 25.5 Å². The van der Waals surface area contributed by atoms with Crippen LogP contribution >= 0.6 is 11.6 Å². The van der Waals surface area contributed by atoms with Gasteiger partial charge in [0.2, 0.25) is 0 Å². The molecule has 1 aromatic carbocycles. The first kappa shape index (κ1) is 19.7. The highest BCUT2D eigenvalue weighted by Gasteiger charge is 2.64. The second kappa shape index (κ2) is 6.53. The molecule has 1 aromatic rings. The lowest BCUT2D eigenvalue weighted by molar-refractivity contribution is -0.145. The summed E-state index contributed by atoms with van der Waals surface area (Å²) in [6, 6.07) is 3.89. The van der Waals surface area contributed by atoms with Crippen molar-refractivity contribution in [1.82, 2.24) is 0 Å². The van der Waals surface area contributed by atoms with Gasteiger partial charge in [0.15, 0.2) is 8.32 Å². The van der Waals surface area contributed by atoms with Crippen molar-refractivity contribution in [3.05, 3.63) is 28.3 Å². The van der Waals surface area contributed by atoms with E-state index in [0.717, 1.165) is 11.1 Å². The molecule has 4 nitrogen and oxygen atoms in total. The number of ether oxygens (including phenoxy) is 2. The number of carbonyl (C=O) groups is 1. The van der Waals surface area contributed by atoms with Gasteiger partial charge in [-0.15, -0.1) is 0 Å². The monoisotopic (exact) mass is 396 g/mol. The maximum atomic E-state index is 12.2. The van der Waals surface area contributed by atoms with E-state index in [2.05, 4.69) is 40.8 Å². The van der Waals surface area contributed by atoms with E-state index in [0.29, 0.717) is 17.4 Å². The fourth-order valence-corrected chi connectivity index (χ4v) is 5.09. The highest BCUT2D eigenvalue weighted by molar-refractivity contribution is 6.74. The van der Waals surface area contributed by atoms with Crippen molar-refractivity contribution in [2.45, 2.75) is 70.9 Å². The summed E-state index contributed by atoms with van der Waals surface area (Å²) in [4.78, 5) is 12.2. The lowest BCUT2D eigenvalue weighted by atomic mass is 9.98. The summed E-state index contributed by atoms with van der Waals surface area (Å²) in [6.45, 7) is 15.5. The first-order valence-electron chi connectivity index (χ1n) is 9.33. The molecule has 3 unspecified atom stereocenters. The second-order valence-electron chi connectivity index (χ2n) is 8.79. The third-order valence-electron chi connectivity index (χ3n) is 6.00. The largest absolute Gasteiger partial charge is 0.487 e. The Morgan fingerprint density at radius 1 is 1.35 bits per heavy atom. The first-order valence-corrected chi connectivity index (χ1v) is 12.6. The van der Waals surface area contributed by atoms with Gasteiger partial charge in [-0.25, -0.2) is 0 Å². The van der Waals surface area contributed by atoms with Gasteiger partial charge >= 0.3 is 5.97 Å². The Morgan fingerprint density at radius 2 is 2.00 bits per heavy atom. The summed E-state index contributed by atoms with van der Waals surface area (Å²) in [5, 5.41) is 0.723. The normalized spacial score (nSPS) is 25.2. The molecule has 26 heavy (non-hydrogen) atoms. The topological polar surface area (TPSA) is 44.8 Å². The SMILES string of the molecule is CCOC(=O)C1C2Oc3c(Cl)ccc([C@@H](C)O[Si](C)(C)C(C)(C)C)c3C21. The van der Waals surface area contributed by atoms with Crippen LogP contribution in [0.1, 0.15) is 57.8 Å². The highest BCUT2D eigenvalue weighted by Crippen LogP contribution is 2.62. The Morgan fingerprint density at radius 3 is 2.58 bits per heavy atom.